The van der Waals surface area contributed by atoms with Crippen molar-refractivity contribution in [2.45, 2.75) is 32.0 Å². The van der Waals surface area contributed by atoms with Crippen molar-refractivity contribution in [3.63, 3.8) is 0 Å². The SMILES string of the molecule is CC1CN(S(=O)(=O)N2CCNCC2c2cccc(F)c2)C(C)CO1.Cl. The van der Waals surface area contributed by atoms with Gasteiger partial charge in [0.2, 0.25) is 0 Å². The van der Waals surface area contributed by atoms with E-state index in [1.54, 1.807) is 12.1 Å². The molecule has 3 atom stereocenters. The summed E-state index contributed by atoms with van der Waals surface area (Å²) in [6.07, 6.45) is -0.133. The van der Waals surface area contributed by atoms with E-state index in [4.69, 9.17) is 4.74 Å². The van der Waals surface area contributed by atoms with Crippen LogP contribution in [0.5, 0.6) is 0 Å². The predicted octanol–water partition coefficient (Wildman–Crippen LogP) is 1.55. The third-order valence-corrected chi connectivity index (χ3v) is 6.70. The van der Waals surface area contributed by atoms with E-state index in [0.717, 1.165) is 0 Å². The van der Waals surface area contributed by atoms with Gasteiger partial charge in [0, 0.05) is 32.2 Å². The van der Waals surface area contributed by atoms with Crippen molar-refractivity contribution in [3.8, 4) is 0 Å². The van der Waals surface area contributed by atoms with Crippen molar-refractivity contribution in [3.05, 3.63) is 35.6 Å². The second-order valence-corrected chi connectivity index (χ2v) is 8.29. The minimum absolute atomic E-state index is 0. The highest BCUT2D eigenvalue weighted by atomic mass is 35.5. The van der Waals surface area contributed by atoms with Crippen LogP contribution < -0.4 is 5.32 Å². The summed E-state index contributed by atoms with van der Waals surface area (Å²) in [7, 11) is -3.65. The lowest BCUT2D eigenvalue weighted by atomic mass is 10.1. The highest BCUT2D eigenvalue weighted by molar-refractivity contribution is 7.86. The zero-order valence-corrected chi connectivity index (χ0v) is 16.0. The highest BCUT2D eigenvalue weighted by Crippen LogP contribution is 2.29. The highest BCUT2D eigenvalue weighted by Gasteiger charge is 2.41. The van der Waals surface area contributed by atoms with Crippen LogP contribution in [0.1, 0.15) is 25.5 Å². The zero-order valence-electron chi connectivity index (χ0n) is 14.4. The lowest BCUT2D eigenvalue weighted by Crippen LogP contribution is -2.58. The van der Waals surface area contributed by atoms with E-state index in [-0.39, 0.29) is 30.4 Å². The number of nitrogens with one attached hydrogen (secondary N) is 1. The molecule has 1 aromatic rings. The van der Waals surface area contributed by atoms with E-state index in [1.165, 1.54) is 20.7 Å². The maximum atomic E-state index is 13.6. The number of morpholine rings is 1. The van der Waals surface area contributed by atoms with Gasteiger partial charge in [-0.25, -0.2) is 4.39 Å². The van der Waals surface area contributed by atoms with Crippen LogP contribution in [0, 0.1) is 5.82 Å². The number of ether oxygens (including phenoxy) is 1. The fourth-order valence-corrected chi connectivity index (χ4v) is 5.31. The molecule has 25 heavy (non-hydrogen) atoms. The van der Waals surface area contributed by atoms with Crippen molar-refractivity contribution in [1.82, 2.24) is 13.9 Å². The molecule has 1 aromatic carbocycles. The lowest BCUT2D eigenvalue weighted by molar-refractivity contribution is -0.0198. The predicted molar refractivity (Wildman–Crippen MR) is 96.5 cm³/mol. The molecule has 0 aliphatic carbocycles. The van der Waals surface area contributed by atoms with E-state index < -0.39 is 16.3 Å². The minimum Gasteiger partial charge on any atom is -0.375 e. The lowest BCUT2D eigenvalue weighted by Gasteiger charge is -2.42. The maximum absolute atomic E-state index is 13.6. The Hall–Kier alpha value is -0.770. The molecule has 2 heterocycles. The van der Waals surface area contributed by atoms with Gasteiger partial charge in [0.15, 0.2) is 0 Å². The summed E-state index contributed by atoms with van der Waals surface area (Å²) in [5.41, 5.74) is 0.666. The fourth-order valence-electron chi connectivity index (χ4n) is 3.29. The Morgan fingerprint density at radius 2 is 2.04 bits per heavy atom. The molecule has 6 nitrogen and oxygen atoms in total. The van der Waals surface area contributed by atoms with Crippen LogP contribution in [-0.4, -0.2) is 62.0 Å². The Labute approximate surface area is 154 Å². The smallest absolute Gasteiger partial charge is 0.283 e. The average Bonchev–Trinajstić information content (AvgIpc) is 2.57. The normalized spacial score (nSPS) is 29.2. The third kappa shape index (κ3) is 4.32. The first-order chi connectivity index (χ1) is 11.4. The van der Waals surface area contributed by atoms with Gasteiger partial charge in [-0.3, -0.25) is 0 Å². The largest absolute Gasteiger partial charge is 0.375 e. The summed E-state index contributed by atoms with van der Waals surface area (Å²) in [5, 5.41) is 3.21. The Bertz CT molecular complexity index is 691. The van der Waals surface area contributed by atoms with Gasteiger partial charge in [0.1, 0.15) is 5.82 Å². The molecule has 142 valence electrons. The van der Waals surface area contributed by atoms with Crippen LogP contribution >= 0.6 is 12.4 Å². The number of nitrogens with zero attached hydrogens (tertiary/aromatic N) is 2. The molecule has 0 amide bonds. The first kappa shape index (κ1) is 20.5. The molecule has 0 spiro atoms. The molecular weight excluding hydrogens is 369 g/mol. The Balaban J connectivity index is 0.00000225. The van der Waals surface area contributed by atoms with Crippen LogP contribution in [-0.2, 0) is 14.9 Å². The number of piperazine rings is 1. The van der Waals surface area contributed by atoms with E-state index >= 15 is 0 Å². The van der Waals surface area contributed by atoms with E-state index in [2.05, 4.69) is 5.32 Å². The first-order valence-corrected chi connectivity index (χ1v) is 9.65. The number of hydrogen-bond acceptors (Lipinski definition) is 4. The fraction of sp³-hybridized carbons (Fsp3) is 0.625. The number of benzene rings is 1. The molecule has 3 rings (SSSR count). The van der Waals surface area contributed by atoms with Gasteiger partial charge >= 0.3 is 0 Å². The molecule has 3 unspecified atom stereocenters. The van der Waals surface area contributed by atoms with Gasteiger partial charge in [-0.1, -0.05) is 12.1 Å². The number of halogens is 2. The minimum atomic E-state index is -3.65. The van der Waals surface area contributed by atoms with E-state index in [9.17, 15) is 12.8 Å². The summed E-state index contributed by atoms with van der Waals surface area (Å²) in [4.78, 5) is 0. The van der Waals surface area contributed by atoms with Gasteiger partial charge in [-0.2, -0.15) is 17.0 Å². The zero-order chi connectivity index (χ0) is 17.3. The molecule has 2 aliphatic heterocycles. The Kier molecular flexibility index (Phi) is 6.80. The van der Waals surface area contributed by atoms with Crippen LogP contribution in [0.4, 0.5) is 4.39 Å². The summed E-state index contributed by atoms with van der Waals surface area (Å²) in [5.74, 6) is -0.358. The molecule has 2 fully saturated rings. The summed E-state index contributed by atoms with van der Waals surface area (Å²) >= 11 is 0. The molecule has 2 saturated heterocycles. The standard InChI is InChI=1S/C16H24FN3O3S.ClH/c1-12-11-23-13(2)10-20(12)24(21,22)19-7-6-18-9-16(19)14-4-3-5-15(17)8-14;/h3-5,8,12-13,16,18H,6-7,9-11H2,1-2H3;1H. The maximum Gasteiger partial charge on any atom is 0.283 e. The molecule has 0 saturated carbocycles. The third-order valence-electron chi connectivity index (χ3n) is 4.57. The second kappa shape index (κ2) is 8.28. The molecule has 0 aromatic heterocycles. The van der Waals surface area contributed by atoms with Crippen molar-refractivity contribution >= 4 is 22.6 Å². The molecule has 1 N–H and O–H groups in total. The van der Waals surface area contributed by atoms with Crippen LogP contribution in [0.25, 0.3) is 0 Å². The summed E-state index contributed by atoms with van der Waals surface area (Å²) < 4.78 is 48.6. The van der Waals surface area contributed by atoms with Gasteiger partial charge in [0.25, 0.3) is 10.2 Å². The Morgan fingerprint density at radius 1 is 1.28 bits per heavy atom. The summed E-state index contributed by atoms with van der Waals surface area (Å²) in [6, 6.07) is 5.53. The Morgan fingerprint density at radius 3 is 2.76 bits per heavy atom. The van der Waals surface area contributed by atoms with Gasteiger partial charge < -0.3 is 10.1 Å². The second-order valence-electron chi connectivity index (χ2n) is 6.46. The average molecular weight is 394 g/mol. The molecule has 0 bridgehead atoms. The molecule has 0 radical (unpaired) electrons. The van der Waals surface area contributed by atoms with Crippen LogP contribution in [0.2, 0.25) is 0 Å². The van der Waals surface area contributed by atoms with Gasteiger partial charge in [-0.15, -0.1) is 12.4 Å². The van der Waals surface area contributed by atoms with Gasteiger partial charge in [0.05, 0.1) is 18.8 Å². The van der Waals surface area contributed by atoms with E-state index in [0.29, 0.717) is 38.3 Å². The monoisotopic (exact) mass is 393 g/mol. The van der Waals surface area contributed by atoms with Crippen molar-refractivity contribution in [2.24, 2.45) is 0 Å². The summed E-state index contributed by atoms with van der Waals surface area (Å²) in [6.45, 7) is 5.86. The quantitative estimate of drug-likeness (QED) is 0.846. The molecule has 9 heteroatoms. The molecular formula is C16H25ClFN3O3S. The first-order valence-electron chi connectivity index (χ1n) is 8.26. The van der Waals surface area contributed by atoms with E-state index in [1.807, 2.05) is 13.8 Å². The topological polar surface area (TPSA) is 61.9 Å². The van der Waals surface area contributed by atoms with Crippen molar-refractivity contribution < 1.29 is 17.5 Å². The van der Waals surface area contributed by atoms with Gasteiger partial charge in [-0.05, 0) is 31.5 Å². The van der Waals surface area contributed by atoms with Crippen molar-refractivity contribution in [1.29, 1.82) is 0 Å². The van der Waals surface area contributed by atoms with Crippen molar-refractivity contribution in [2.75, 3.05) is 32.8 Å². The number of rotatable bonds is 3. The number of hydrogen-bond donors (Lipinski definition) is 1. The van der Waals surface area contributed by atoms with Crippen LogP contribution in [0.3, 0.4) is 0 Å². The van der Waals surface area contributed by atoms with Crippen LogP contribution in [0.15, 0.2) is 24.3 Å². The molecule has 2 aliphatic rings.